The summed E-state index contributed by atoms with van der Waals surface area (Å²) in [6, 6.07) is 2.83. The molecule has 2 aliphatic rings. The molecule has 1 fully saturated rings. The van der Waals surface area contributed by atoms with Crippen molar-refractivity contribution in [2.24, 2.45) is 5.73 Å². The van der Waals surface area contributed by atoms with E-state index in [2.05, 4.69) is 0 Å². The van der Waals surface area contributed by atoms with Crippen molar-refractivity contribution in [2.75, 3.05) is 22.9 Å². The number of cyclic esters (lactones) is 1. The zero-order chi connectivity index (χ0) is 16.0. The maximum absolute atomic E-state index is 14.5. The highest BCUT2D eigenvalue weighted by Crippen LogP contribution is 2.37. The number of hydrogen-bond acceptors (Lipinski definition) is 4. The van der Waals surface area contributed by atoms with Crippen LogP contribution in [0.25, 0.3) is 0 Å². The highest BCUT2D eigenvalue weighted by Gasteiger charge is 2.36. The summed E-state index contributed by atoms with van der Waals surface area (Å²) >= 11 is 0. The van der Waals surface area contributed by atoms with Crippen molar-refractivity contribution in [3.63, 3.8) is 0 Å². The largest absolute Gasteiger partial charge is 0.443 e. The number of carbonyl (C=O) groups excluding carboxylic acids is 2. The second-order valence-electron chi connectivity index (χ2n) is 5.82. The zero-order valence-corrected chi connectivity index (χ0v) is 12.5. The molecule has 0 saturated carbocycles. The lowest BCUT2D eigenvalue weighted by Gasteiger charge is -2.23. The summed E-state index contributed by atoms with van der Waals surface area (Å²) in [7, 11) is 0. The summed E-state index contributed by atoms with van der Waals surface area (Å²) in [4.78, 5) is 26.7. The van der Waals surface area contributed by atoms with Gasteiger partial charge in [0.25, 0.3) is 0 Å². The van der Waals surface area contributed by atoms with E-state index in [9.17, 15) is 14.0 Å². The van der Waals surface area contributed by atoms with Crippen molar-refractivity contribution in [1.82, 2.24) is 0 Å². The molecule has 1 unspecified atom stereocenters. The summed E-state index contributed by atoms with van der Waals surface area (Å²) in [5, 5.41) is 0. The lowest BCUT2D eigenvalue weighted by atomic mass is 10.1. The Bertz CT molecular complexity index is 647. The first-order valence-electron chi connectivity index (χ1n) is 7.25. The number of rotatable bonds is 3. The number of carbonyl (C=O) groups is 2. The van der Waals surface area contributed by atoms with Crippen LogP contribution in [0.3, 0.4) is 0 Å². The average molecular weight is 307 g/mol. The molecule has 0 aromatic heterocycles. The lowest BCUT2D eigenvalue weighted by molar-refractivity contribution is -0.117. The molecule has 1 aromatic rings. The highest BCUT2D eigenvalue weighted by molar-refractivity contribution is 6.03. The van der Waals surface area contributed by atoms with Gasteiger partial charge in [0, 0.05) is 12.6 Å². The Balaban J connectivity index is 1.98. The Labute approximate surface area is 127 Å². The molecule has 0 radical (unpaired) electrons. The molecule has 2 N–H and O–H groups in total. The monoisotopic (exact) mass is 307 g/mol. The lowest BCUT2D eigenvalue weighted by Crippen LogP contribution is -2.34. The van der Waals surface area contributed by atoms with Gasteiger partial charge in [-0.05, 0) is 31.5 Å². The smallest absolute Gasteiger partial charge is 0.414 e. The number of amides is 2. The van der Waals surface area contributed by atoms with Crippen molar-refractivity contribution in [1.29, 1.82) is 0 Å². The molecular formula is C15H18FN3O3. The van der Waals surface area contributed by atoms with Crippen LogP contribution in [-0.2, 0) is 16.0 Å². The summed E-state index contributed by atoms with van der Waals surface area (Å²) in [6.07, 6.45) is -0.793. The molecule has 1 saturated heterocycles. The fraction of sp³-hybridized carbons (Fsp3) is 0.467. The number of nitrogens with two attached hydrogens (primary N) is 1. The van der Waals surface area contributed by atoms with E-state index in [1.165, 1.54) is 15.9 Å². The molecule has 2 heterocycles. The van der Waals surface area contributed by atoms with Gasteiger partial charge in [-0.25, -0.2) is 9.18 Å². The van der Waals surface area contributed by atoms with E-state index in [-0.39, 0.29) is 31.5 Å². The van der Waals surface area contributed by atoms with Crippen LogP contribution < -0.4 is 15.5 Å². The van der Waals surface area contributed by atoms with E-state index in [0.29, 0.717) is 16.9 Å². The second kappa shape index (κ2) is 5.24. The summed E-state index contributed by atoms with van der Waals surface area (Å²) in [6.45, 7) is 4.18. The van der Waals surface area contributed by atoms with Crippen molar-refractivity contribution in [3.05, 3.63) is 23.5 Å². The molecule has 3 rings (SSSR count). The number of halogens is 1. The van der Waals surface area contributed by atoms with Gasteiger partial charge in [0.05, 0.1) is 24.3 Å². The average Bonchev–Trinajstić information content (AvgIpc) is 2.98. The number of nitrogens with zero attached hydrogens (tertiary/aromatic N) is 2. The fourth-order valence-corrected chi connectivity index (χ4v) is 2.97. The molecule has 118 valence electrons. The van der Waals surface area contributed by atoms with Crippen LogP contribution in [0, 0.1) is 5.82 Å². The van der Waals surface area contributed by atoms with Gasteiger partial charge in [0.15, 0.2) is 0 Å². The van der Waals surface area contributed by atoms with Crippen molar-refractivity contribution >= 4 is 23.4 Å². The third kappa shape index (κ3) is 2.21. The summed E-state index contributed by atoms with van der Waals surface area (Å²) < 4.78 is 19.6. The van der Waals surface area contributed by atoms with Gasteiger partial charge in [0.2, 0.25) is 5.91 Å². The number of benzene rings is 1. The Morgan fingerprint density at radius 2 is 2.14 bits per heavy atom. The second-order valence-corrected chi connectivity index (χ2v) is 5.82. The van der Waals surface area contributed by atoms with Crippen LogP contribution in [0.4, 0.5) is 20.6 Å². The number of anilines is 2. The molecule has 1 atom stereocenters. The van der Waals surface area contributed by atoms with Crippen LogP contribution in [0.15, 0.2) is 12.1 Å². The van der Waals surface area contributed by atoms with Crippen molar-refractivity contribution < 1.29 is 18.7 Å². The van der Waals surface area contributed by atoms with E-state index in [0.717, 1.165) is 0 Å². The molecule has 22 heavy (non-hydrogen) atoms. The SMILES string of the molecule is CC(C)N1C(=O)Cc2cc(N3CC(CN)OC3=O)cc(F)c21. The standard InChI is InChI=1S/C15H18FN3O3/c1-8(2)19-13(20)4-9-3-10(5-12(16)14(9)19)18-7-11(6-17)22-15(18)21/h3,5,8,11H,4,6-7,17H2,1-2H3. The van der Waals surface area contributed by atoms with Crippen molar-refractivity contribution in [3.8, 4) is 0 Å². The number of ether oxygens (including phenoxy) is 1. The Hall–Kier alpha value is -2.15. The van der Waals surface area contributed by atoms with E-state index >= 15 is 0 Å². The van der Waals surface area contributed by atoms with Gasteiger partial charge in [-0.3, -0.25) is 9.69 Å². The fourth-order valence-electron chi connectivity index (χ4n) is 2.97. The summed E-state index contributed by atoms with van der Waals surface area (Å²) in [5.41, 5.74) is 6.80. The molecule has 0 spiro atoms. The molecule has 2 amide bonds. The molecular weight excluding hydrogens is 289 g/mol. The Morgan fingerprint density at radius 3 is 2.73 bits per heavy atom. The topological polar surface area (TPSA) is 75.9 Å². The maximum Gasteiger partial charge on any atom is 0.414 e. The van der Waals surface area contributed by atoms with E-state index in [1.54, 1.807) is 6.07 Å². The van der Waals surface area contributed by atoms with Gasteiger partial charge in [-0.15, -0.1) is 0 Å². The normalized spacial score (nSPS) is 20.9. The zero-order valence-electron chi connectivity index (χ0n) is 12.5. The van der Waals surface area contributed by atoms with Crippen LogP contribution in [0.1, 0.15) is 19.4 Å². The summed E-state index contributed by atoms with van der Waals surface area (Å²) in [5.74, 6) is -0.638. The molecule has 6 nitrogen and oxygen atoms in total. The van der Waals surface area contributed by atoms with Gasteiger partial charge in [-0.2, -0.15) is 0 Å². The van der Waals surface area contributed by atoms with Crippen molar-refractivity contribution in [2.45, 2.75) is 32.4 Å². The van der Waals surface area contributed by atoms with Gasteiger partial charge in [0.1, 0.15) is 11.9 Å². The van der Waals surface area contributed by atoms with E-state index < -0.39 is 18.0 Å². The highest BCUT2D eigenvalue weighted by atomic mass is 19.1. The van der Waals surface area contributed by atoms with Crippen LogP contribution in [-0.4, -0.2) is 37.2 Å². The van der Waals surface area contributed by atoms with Gasteiger partial charge >= 0.3 is 6.09 Å². The molecule has 0 bridgehead atoms. The minimum Gasteiger partial charge on any atom is -0.443 e. The van der Waals surface area contributed by atoms with Gasteiger partial charge < -0.3 is 15.4 Å². The minimum absolute atomic E-state index is 0.118. The van der Waals surface area contributed by atoms with Crippen LogP contribution >= 0.6 is 0 Å². The van der Waals surface area contributed by atoms with Crippen LogP contribution in [0.2, 0.25) is 0 Å². The Morgan fingerprint density at radius 1 is 1.41 bits per heavy atom. The molecule has 1 aromatic carbocycles. The predicted molar refractivity (Wildman–Crippen MR) is 79.4 cm³/mol. The number of hydrogen-bond donors (Lipinski definition) is 1. The third-order valence-corrected chi connectivity index (χ3v) is 3.94. The molecule has 7 heteroatoms. The predicted octanol–water partition coefficient (Wildman–Crippen LogP) is 1.41. The minimum atomic E-state index is -0.542. The van der Waals surface area contributed by atoms with Crippen LogP contribution in [0.5, 0.6) is 0 Å². The third-order valence-electron chi connectivity index (χ3n) is 3.94. The first-order chi connectivity index (χ1) is 10.4. The first kappa shape index (κ1) is 14.8. The maximum atomic E-state index is 14.5. The molecule has 2 aliphatic heterocycles. The van der Waals surface area contributed by atoms with E-state index in [4.69, 9.17) is 10.5 Å². The first-order valence-corrected chi connectivity index (χ1v) is 7.25. The molecule has 0 aliphatic carbocycles. The van der Waals surface area contributed by atoms with Gasteiger partial charge in [-0.1, -0.05) is 0 Å². The number of fused-ring (bicyclic) bond motifs is 1. The quantitative estimate of drug-likeness (QED) is 0.916. The van der Waals surface area contributed by atoms with E-state index in [1.807, 2.05) is 13.8 Å². The Kier molecular flexibility index (Phi) is 3.52.